The Hall–Kier alpha value is -2.71. The van der Waals surface area contributed by atoms with Crippen molar-refractivity contribution in [3.05, 3.63) is 59.0 Å². The zero-order valence-corrected chi connectivity index (χ0v) is 11.4. The molecule has 2 aromatic rings. The van der Waals surface area contributed by atoms with Gasteiger partial charge in [0.2, 0.25) is 0 Å². The zero-order chi connectivity index (χ0) is 15.2. The number of pyridine rings is 1. The van der Waals surface area contributed by atoms with Crippen LogP contribution in [0.4, 0.5) is 10.2 Å². The lowest BCUT2D eigenvalue weighted by molar-refractivity contribution is 0.102. The fourth-order valence-corrected chi connectivity index (χ4v) is 1.63. The predicted octanol–water partition coefficient (Wildman–Crippen LogP) is 2.13. The van der Waals surface area contributed by atoms with Gasteiger partial charge >= 0.3 is 0 Å². The molecule has 0 bridgehead atoms. The first kappa shape index (κ1) is 14.7. The Labute approximate surface area is 121 Å². The van der Waals surface area contributed by atoms with Crippen molar-refractivity contribution in [3.63, 3.8) is 0 Å². The number of carbonyl (C=O) groups is 1. The van der Waals surface area contributed by atoms with Crippen molar-refractivity contribution in [2.45, 2.75) is 6.92 Å². The van der Waals surface area contributed by atoms with E-state index in [9.17, 15) is 9.18 Å². The lowest BCUT2D eigenvalue weighted by Crippen LogP contribution is -2.13. The Balaban J connectivity index is 2.17. The van der Waals surface area contributed by atoms with Gasteiger partial charge in [0.1, 0.15) is 23.9 Å². The van der Waals surface area contributed by atoms with Crippen LogP contribution >= 0.6 is 0 Å². The smallest absolute Gasteiger partial charge is 0.256 e. The van der Waals surface area contributed by atoms with Crippen molar-refractivity contribution in [3.8, 4) is 11.8 Å². The summed E-state index contributed by atoms with van der Waals surface area (Å²) < 4.78 is 13.4. The number of halogens is 1. The summed E-state index contributed by atoms with van der Waals surface area (Å²) in [4.78, 5) is 16.1. The third-order valence-electron chi connectivity index (χ3n) is 2.72. The number of carbonyl (C=O) groups excluding carboxylic acids is 1. The molecule has 0 aliphatic carbocycles. The minimum absolute atomic E-state index is 0.215. The van der Waals surface area contributed by atoms with E-state index < -0.39 is 11.7 Å². The highest BCUT2D eigenvalue weighted by molar-refractivity contribution is 6.03. The monoisotopic (exact) mass is 284 g/mol. The number of hydrogen-bond acceptors (Lipinski definition) is 3. The van der Waals surface area contributed by atoms with Gasteiger partial charge in [0.25, 0.3) is 5.91 Å². The van der Waals surface area contributed by atoms with Gasteiger partial charge in [-0.3, -0.25) is 4.79 Å². The summed E-state index contributed by atoms with van der Waals surface area (Å²) >= 11 is 0. The van der Waals surface area contributed by atoms with E-state index in [4.69, 9.17) is 5.11 Å². The zero-order valence-electron chi connectivity index (χ0n) is 11.4. The molecule has 1 aromatic carbocycles. The first-order valence-corrected chi connectivity index (χ1v) is 6.24. The Morgan fingerprint density at radius 2 is 2.19 bits per heavy atom. The van der Waals surface area contributed by atoms with Crippen LogP contribution in [0.2, 0.25) is 0 Å². The van der Waals surface area contributed by atoms with E-state index in [1.54, 1.807) is 37.3 Å². The number of nitrogens with one attached hydrogen (secondary N) is 1. The fourth-order valence-electron chi connectivity index (χ4n) is 1.63. The van der Waals surface area contributed by atoms with Gasteiger partial charge in [-0.25, -0.2) is 9.37 Å². The molecule has 106 valence electrons. The van der Waals surface area contributed by atoms with Crippen LogP contribution < -0.4 is 5.32 Å². The Morgan fingerprint density at radius 3 is 2.90 bits per heavy atom. The highest BCUT2D eigenvalue weighted by atomic mass is 19.1. The minimum atomic E-state index is -0.450. The van der Waals surface area contributed by atoms with E-state index in [0.29, 0.717) is 17.1 Å². The lowest BCUT2D eigenvalue weighted by atomic mass is 10.1. The number of benzene rings is 1. The topological polar surface area (TPSA) is 62.2 Å². The molecule has 0 atom stereocenters. The molecule has 2 N–H and O–H groups in total. The first-order chi connectivity index (χ1) is 10.1. The van der Waals surface area contributed by atoms with Crippen molar-refractivity contribution >= 4 is 11.7 Å². The van der Waals surface area contributed by atoms with E-state index in [2.05, 4.69) is 22.1 Å². The molecule has 1 aromatic heterocycles. The summed E-state index contributed by atoms with van der Waals surface area (Å²) in [6.07, 6.45) is 0. The highest BCUT2D eigenvalue weighted by Gasteiger charge is 2.09. The van der Waals surface area contributed by atoms with Gasteiger partial charge in [0.05, 0.1) is 0 Å². The number of amides is 1. The molecule has 2 rings (SSSR count). The molecule has 0 saturated carbocycles. The number of aliphatic hydroxyl groups excluding tert-OH is 1. The maximum Gasteiger partial charge on any atom is 0.256 e. The predicted molar refractivity (Wildman–Crippen MR) is 77.3 cm³/mol. The Bertz CT molecular complexity index is 733. The molecule has 0 spiro atoms. The molecule has 1 amide bonds. The number of anilines is 1. The summed E-state index contributed by atoms with van der Waals surface area (Å²) in [5.41, 5.74) is 1.12. The van der Waals surface area contributed by atoms with E-state index in [0.717, 1.165) is 0 Å². The molecule has 5 heteroatoms. The summed E-state index contributed by atoms with van der Waals surface area (Å²) in [6.45, 7) is 1.36. The average molecular weight is 284 g/mol. The van der Waals surface area contributed by atoms with Crippen LogP contribution in [-0.2, 0) is 0 Å². The molecule has 4 nitrogen and oxygen atoms in total. The maximum absolute atomic E-state index is 13.4. The quantitative estimate of drug-likeness (QED) is 0.830. The maximum atomic E-state index is 13.4. The lowest BCUT2D eigenvalue weighted by Gasteiger charge is -2.05. The largest absolute Gasteiger partial charge is 0.384 e. The Kier molecular flexibility index (Phi) is 4.64. The van der Waals surface area contributed by atoms with E-state index in [-0.39, 0.29) is 12.2 Å². The molecule has 0 radical (unpaired) electrons. The van der Waals surface area contributed by atoms with Crippen molar-refractivity contribution in [2.24, 2.45) is 0 Å². The molecular formula is C16H13FN2O2. The summed E-state index contributed by atoms with van der Waals surface area (Å²) in [7, 11) is 0. The molecule has 0 unspecified atom stereocenters. The molecule has 0 fully saturated rings. The molecule has 1 heterocycles. The van der Waals surface area contributed by atoms with Gasteiger partial charge in [-0.1, -0.05) is 18.1 Å². The van der Waals surface area contributed by atoms with Gasteiger partial charge in [-0.15, -0.1) is 0 Å². The van der Waals surface area contributed by atoms with Crippen molar-refractivity contribution < 1.29 is 14.3 Å². The van der Waals surface area contributed by atoms with Crippen LogP contribution in [-0.4, -0.2) is 22.6 Å². The Morgan fingerprint density at radius 1 is 1.38 bits per heavy atom. The van der Waals surface area contributed by atoms with E-state index in [1.165, 1.54) is 6.07 Å². The molecule has 21 heavy (non-hydrogen) atoms. The average Bonchev–Trinajstić information content (AvgIpc) is 2.48. The SMILES string of the molecule is Cc1ccc(C(=O)Nc2cccc(C#CCO)n2)cc1F. The van der Waals surface area contributed by atoms with Gasteiger partial charge in [-0.05, 0) is 42.7 Å². The molecular weight excluding hydrogens is 271 g/mol. The third kappa shape index (κ3) is 3.88. The van der Waals surface area contributed by atoms with E-state index >= 15 is 0 Å². The van der Waals surface area contributed by atoms with Gasteiger partial charge in [0.15, 0.2) is 0 Å². The molecule has 0 aliphatic rings. The summed E-state index contributed by atoms with van der Waals surface area (Å²) in [6, 6.07) is 9.21. The normalized spacial score (nSPS) is 9.67. The highest BCUT2D eigenvalue weighted by Crippen LogP contribution is 2.11. The first-order valence-electron chi connectivity index (χ1n) is 6.24. The second-order valence-corrected chi connectivity index (χ2v) is 4.29. The number of aromatic nitrogens is 1. The fraction of sp³-hybridized carbons (Fsp3) is 0.125. The standard InChI is InChI=1S/C16H13FN2O2/c1-11-7-8-12(10-14(11)17)16(21)19-15-6-2-4-13(18-15)5-3-9-20/h2,4,6-8,10,20H,9H2,1H3,(H,18,19,21). The van der Waals surface area contributed by atoms with Crippen LogP contribution in [0.3, 0.4) is 0 Å². The van der Waals surface area contributed by atoms with Crippen molar-refractivity contribution in [2.75, 3.05) is 11.9 Å². The minimum Gasteiger partial charge on any atom is -0.384 e. The van der Waals surface area contributed by atoms with Crippen LogP contribution in [0.1, 0.15) is 21.6 Å². The van der Waals surface area contributed by atoms with Crippen LogP contribution in [0.25, 0.3) is 0 Å². The summed E-state index contributed by atoms with van der Waals surface area (Å²) in [5.74, 6) is 4.54. The number of aryl methyl sites for hydroxylation is 1. The molecule has 0 saturated heterocycles. The van der Waals surface area contributed by atoms with Gasteiger partial charge in [0, 0.05) is 5.56 Å². The third-order valence-corrected chi connectivity index (χ3v) is 2.72. The van der Waals surface area contributed by atoms with Crippen LogP contribution in [0.5, 0.6) is 0 Å². The molecule has 0 aliphatic heterocycles. The van der Waals surface area contributed by atoms with Gasteiger partial charge in [-0.2, -0.15) is 0 Å². The second-order valence-electron chi connectivity index (χ2n) is 4.29. The van der Waals surface area contributed by atoms with Gasteiger partial charge < -0.3 is 10.4 Å². The number of hydrogen-bond donors (Lipinski definition) is 2. The van der Waals surface area contributed by atoms with E-state index in [1.807, 2.05) is 0 Å². The number of nitrogens with zero attached hydrogens (tertiary/aromatic N) is 1. The van der Waals surface area contributed by atoms with Crippen LogP contribution in [0.15, 0.2) is 36.4 Å². The number of aliphatic hydroxyl groups is 1. The second kappa shape index (κ2) is 6.64. The van der Waals surface area contributed by atoms with Crippen LogP contribution in [0, 0.1) is 24.6 Å². The van der Waals surface area contributed by atoms with Crippen molar-refractivity contribution in [1.82, 2.24) is 4.98 Å². The summed E-state index contributed by atoms with van der Waals surface area (Å²) in [5, 5.41) is 11.2. The van der Waals surface area contributed by atoms with Crippen molar-refractivity contribution in [1.29, 1.82) is 0 Å². The number of rotatable bonds is 2.